The summed E-state index contributed by atoms with van der Waals surface area (Å²) in [6.45, 7) is 0. The monoisotopic (exact) mass is 446 g/mol. The molecule has 1 aliphatic rings. The van der Waals surface area contributed by atoms with E-state index in [-0.39, 0.29) is 11.1 Å². The molecular weight excluding hydrogens is 424 g/mol. The van der Waals surface area contributed by atoms with Crippen LogP contribution >= 0.6 is 0 Å². The molecule has 0 radical (unpaired) electrons. The van der Waals surface area contributed by atoms with Crippen LogP contribution in [-0.2, 0) is 9.59 Å². The summed E-state index contributed by atoms with van der Waals surface area (Å²) < 4.78 is 16.1. The van der Waals surface area contributed by atoms with E-state index in [1.54, 1.807) is 66.9 Å². The Hall–Kier alpha value is -4.33. The molecule has 0 saturated carbocycles. The number of anilines is 1. The Bertz CT molecular complexity index is 1220. The molecule has 1 fully saturated rings. The van der Waals surface area contributed by atoms with E-state index in [1.165, 1.54) is 26.2 Å². The molecule has 1 amide bonds. The third kappa shape index (κ3) is 3.76. The summed E-state index contributed by atoms with van der Waals surface area (Å²) >= 11 is 0. The van der Waals surface area contributed by atoms with Crippen molar-refractivity contribution in [3.8, 4) is 17.2 Å². The third-order valence-electron chi connectivity index (χ3n) is 5.41. The Morgan fingerprint density at radius 2 is 1.61 bits per heavy atom. The van der Waals surface area contributed by atoms with Gasteiger partial charge in [-0.15, -0.1) is 0 Å². The van der Waals surface area contributed by atoms with E-state index in [9.17, 15) is 14.7 Å². The minimum absolute atomic E-state index is 0.121. The maximum absolute atomic E-state index is 13.3. The highest BCUT2D eigenvalue weighted by molar-refractivity contribution is 6.51. The molecule has 168 valence electrons. The van der Waals surface area contributed by atoms with Gasteiger partial charge in [-0.3, -0.25) is 19.5 Å². The van der Waals surface area contributed by atoms with Crippen LogP contribution in [0.25, 0.3) is 5.76 Å². The van der Waals surface area contributed by atoms with E-state index in [4.69, 9.17) is 14.2 Å². The summed E-state index contributed by atoms with van der Waals surface area (Å²) in [6, 6.07) is 15.9. The minimum Gasteiger partial charge on any atom is -0.506 e. The van der Waals surface area contributed by atoms with Crippen molar-refractivity contribution in [2.24, 2.45) is 0 Å². The van der Waals surface area contributed by atoms with Gasteiger partial charge in [0, 0.05) is 18.0 Å². The van der Waals surface area contributed by atoms with Gasteiger partial charge in [-0.1, -0.05) is 18.2 Å². The van der Waals surface area contributed by atoms with Gasteiger partial charge < -0.3 is 19.3 Å². The molecule has 3 aromatic rings. The molecular formula is C25H22N2O6. The Balaban J connectivity index is 2.00. The molecule has 1 atom stereocenters. The van der Waals surface area contributed by atoms with E-state index in [2.05, 4.69) is 4.98 Å². The highest BCUT2D eigenvalue weighted by atomic mass is 16.5. The minimum atomic E-state index is -0.979. The van der Waals surface area contributed by atoms with Crippen molar-refractivity contribution in [1.82, 2.24) is 4.98 Å². The molecule has 1 unspecified atom stereocenters. The van der Waals surface area contributed by atoms with Gasteiger partial charge in [-0.2, -0.15) is 0 Å². The normalized spacial score (nSPS) is 17.2. The molecule has 1 N–H and O–H groups in total. The van der Waals surface area contributed by atoms with Crippen molar-refractivity contribution in [2.75, 3.05) is 26.2 Å². The molecule has 1 aliphatic heterocycles. The van der Waals surface area contributed by atoms with E-state index >= 15 is 0 Å². The number of aromatic nitrogens is 1. The number of benzene rings is 2. The van der Waals surface area contributed by atoms with Gasteiger partial charge in [0.25, 0.3) is 11.7 Å². The number of nitrogens with zero attached hydrogens (tertiary/aromatic N) is 2. The highest BCUT2D eigenvalue weighted by Crippen LogP contribution is 2.44. The van der Waals surface area contributed by atoms with Crippen LogP contribution in [0.15, 0.2) is 72.4 Å². The number of aliphatic hydroxyl groups is 1. The first-order valence-corrected chi connectivity index (χ1v) is 10.1. The van der Waals surface area contributed by atoms with Crippen LogP contribution < -0.4 is 19.1 Å². The van der Waals surface area contributed by atoms with Crippen LogP contribution in [0.1, 0.15) is 17.3 Å². The molecule has 33 heavy (non-hydrogen) atoms. The largest absolute Gasteiger partial charge is 0.506 e. The fourth-order valence-electron chi connectivity index (χ4n) is 3.90. The number of ketones is 1. The Morgan fingerprint density at radius 3 is 2.21 bits per heavy atom. The van der Waals surface area contributed by atoms with Crippen molar-refractivity contribution in [3.05, 3.63) is 83.7 Å². The topological polar surface area (TPSA) is 98.2 Å². The first-order valence-electron chi connectivity index (χ1n) is 10.1. The second-order valence-corrected chi connectivity index (χ2v) is 7.16. The second-order valence-electron chi connectivity index (χ2n) is 7.16. The smallest absolute Gasteiger partial charge is 0.300 e. The van der Waals surface area contributed by atoms with E-state index in [0.717, 1.165) is 0 Å². The Labute approximate surface area is 190 Å². The predicted octanol–water partition coefficient (Wildman–Crippen LogP) is 3.73. The standard InChI is InChI=1S/C25H22N2O6/c1-31-16-9-6-8-15(14-16)27-22(17-10-4-5-13-26-17)21(24(29)25(27)30)23(28)20-18(32-2)11-7-12-19(20)33-3/h4-14,22,28H,1-3H3/b23-21+. The number of ether oxygens (including phenoxy) is 3. The van der Waals surface area contributed by atoms with Gasteiger partial charge >= 0.3 is 0 Å². The van der Waals surface area contributed by atoms with Gasteiger partial charge in [-0.25, -0.2) is 0 Å². The lowest BCUT2D eigenvalue weighted by Gasteiger charge is -2.25. The number of pyridine rings is 1. The molecule has 0 bridgehead atoms. The zero-order valence-corrected chi connectivity index (χ0v) is 18.3. The van der Waals surface area contributed by atoms with Crippen LogP contribution in [0.4, 0.5) is 5.69 Å². The van der Waals surface area contributed by atoms with Crippen LogP contribution in [-0.4, -0.2) is 43.1 Å². The number of aliphatic hydroxyl groups excluding tert-OH is 1. The highest BCUT2D eigenvalue weighted by Gasteiger charge is 2.48. The fraction of sp³-hybridized carbons (Fsp3) is 0.160. The first kappa shape index (κ1) is 21.9. The number of Topliss-reactive ketones (excluding diaryl/α,β-unsaturated/α-hetero) is 1. The summed E-state index contributed by atoms with van der Waals surface area (Å²) in [5.41, 5.74) is 0.893. The number of amides is 1. The number of rotatable bonds is 6. The molecule has 1 aromatic heterocycles. The Morgan fingerprint density at radius 1 is 0.909 bits per heavy atom. The lowest BCUT2D eigenvalue weighted by molar-refractivity contribution is -0.132. The molecule has 8 heteroatoms. The molecule has 0 aliphatic carbocycles. The van der Waals surface area contributed by atoms with Crippen molar-refractivity contribution in [3.63, 3.8) is 0 Å². The summed E-state index contributed by atoms with van der Waals surface area (Å²) in [4.78, 5) is 32.2. The lowest BCUT2D eigenvalue weighted by atomic mass is 9.97. The summed E-state index contributed by atoms with van der Waals surface area (Å²) in [6.07, 6.45) is 1.56. The van der Waals surface area contributed by atoms with Crippen molar-refractivity contribution >= 4 is 23.1 Å². The SMILES string of the molecule is COc1cccc(N2C(=O)C(=O)/C(=C(/O)c3c(OC)cccc3OC)C2c2ccccn2)c1. The predicted molar refractivity (Wildman–Crippen MR) is 122 cm³/mol. The van der Waals surface area contributed by atoms with Crippen molar-refractivity contribution in [1.29, 1.82) is 0 Å². The molecule has 4 rings (SSSR count). The van der Waals surface area contributed by atoms with Crippen LogP contribution in [0.2, 0.25) is 0 Å². The van der Waals surface area contributed by atoms with Crippen LogP contribution in [0.3, 0.4) is 0 Å². The average Bonchev–Trinajstić information content (AvgIpc) is 3.13. The zero-order valence-electron chi connectivity index (χ0n) is 18.3. The summed E-state index contributed by atoms with van der Waals surface area (Å²) in [5, 5.41) is 11.4. The number of carbonyl (C=O) groups is 2. The van der Waals surface area contributed by atoms with Gasteiger partial charge in [0.2, 0.25) is 0 Å². The summed E-state index contributed by atoms with van der Waals surface area (Å²) in [7, 11) is 4.39. The van der Waals surface area contributed by atoms with Crippen LogP contribution in [0, 0.1) is 0 Å². The molecule has 1 saturated heterocycles. The van der Waals surface area contributed by atoms with Crippen LogP contribution in [0.5, 0.6) is 17.2 Å². The number of hydrogen-bond acceptors (Lipinski definition) is 7. The Kier molecular flexibility index (Phi) is 5.99. The van der Waals surface area contributed by atoms with E-state index in [1.807, 2.05) is 0 Å². The number of hydrogen-bond donors (Lipinski definition) is 1. The number of carbonyl (C=O) groups excluding carboxylic acids is 2. The fourth-order valence-corrected chi connectivity index (χ4v) is 3.90. The van der Waals surface area contributed by atoms with Gasteiger partial charge in [0.15, 0.2) is 0 Å². The zero-order chi connectivity index (χ0) is 23.5. The quantitative estimate of drug-likeness (QED) is 0.350. The lowest BCUT2D eigenvalue weighted by Crippen LogP contribution is -2.29. The number of methoxy groups -OCH3 is 3. The third-order valence-corrected chi connectivity index (χ3v) is 5.41. The van der Waals surface area contributed by atoms with Gasteiger partial charge in [-0.05, 0) is 36.4 Å². The maximum atomic E-state index is 13.3. The maximum Gasteiger partial charge on any atom is 0.300 e. The molecule has 8 nitrogen and oxygen atoms in total. The van der Waals surface area contributed by atoms with Gasteiger partial charge in [0.1, 0.15) is 34.6 Å². The molecule has 2 heterocycles. The molecule has 2 aromatic carbocycles. The van der Waals surface area contributed by atoms with E-state index < -0.39 is 23.5 Å². The van der Waals surface area contributed by atoms with Gasteiger partial charge in [0.05, 0.1) is 32.6 Å². The average molecular weight is 446 g/mol. The second kappa shape index (κ2) is 9.04. The molecule has 0 spiro atoms. The van der Waals surface area contributed by atoms with E-state index in [0.29, 0.717) is 28.6 Å². The van der Waals surface area contributed by atoms with Crippen molar-refractivity contribution < 1.29 is 28.9 Å². The van der Waals surface area contributed by atoms with Crippen molar-refractivity contribution in [2.45, 2.75) is 6.04 Å². The first-order chi connectivity index (χ1) is 16.0. The summed E-state index contributed by atoms with van der Waals surface area (Å²) in [5.74, 6) is -0.962.